The van der Waals surface area contributed by atoms with Crippen molar-refractivity contribution in [3.8, 4) is 0 Å². The third-order valence-corrected chi connectivity index (χ3v) is 7.63. The molecule has 5 atom stereocenters. The molecule has 200 valence electrons. The highest BCUT2D eigenvalue weighted by molar-refractivity contribution is 7.78. The number of halogens is 1. The molecule has 5 rings (SSSR count). The predicted molar refractivity (Wildman–Crippen MR) is 145 cm³/mol. The maximum atomic E-state index is 15.9. The minimum absolute atomic E-state index is 0.103. The quantitative estimate of drug-likeness (QED) is 0.208. The number of carbonyl (C=O) groups is 2. The summed E-state index contributed by atoms with van der Waals surface area (Å²) in [5.41, 5.74) is 1.46. The maximum Gasteiger partial charge on any atom is 0.431 e. The standard InChI is InChI=1S/C28H32FN4O4S/c1-18-16-36-26(34)31(18)20-10-11-24(23(29)12-20)33(13-19-8-6-5-7-9-19)14-21-22(15-33)25(21)32(30-17-38)27(35)37-28(2,3)4/h5-12,18,21-22,25H,13-16H2,1-4H3/q+1/t18?,21-,22+,25?,33?. The molecule has 1 aliphatic carbocycles. The zero-order chi connectivity index (χ0) is 27.2. The SMILES string of the molecule is CC1COC(=O)N1c1ccc([N+]2(Cc3ccccc3)C[C@@H]3C(N(N=C=S)C(=O)OC(C)(C)C)[C@@H]3C2)c(F)c1. The fourth-order valence-corrected chi connectivity index (χ4v) is 6.08. The Morgan fingerprint density at radius 1 is 1.24 bits per heavy atom. The van der Waals surface area contributed by atoms with E-state index < -0.39 is 17.8 Å². The molecule has 3 aliphatic rings. The smallest absolute Gasteiger partial charge is 0.431 e. The van der Waals surface area contributed by atoms with Gasteiger partial charge >= 0.3 is 12.2 Å². The number of isothiocyanates is 1. The Bertz CT molecular complexity index is 1280. The van der Waals surface area contributed by atoms with Crippen molar-refractivity contribution < 1.29 is 23.5 Å². The summed E-state index contributed by atoms with van der Waals surface area (Å²) in [5, 5.41) is 7.66. The number of benzene rings is 2. The number of hydrogen-bond donors (Lipinski definition) is 0. The molecule has 38 heavy (non-hydrogen) atoms. The lowest BCUT2D eigenvalue weighted by molar-refractivity contribution is 0.0207. The molecule has 0 aromatic heterocycles. The second-order valence-corrected chi connectivity index (χ2v) is 11.6. The number of quaternary nitrogens is 1. The van der Waals surface area contributed by atoms with Gasteiger partial charge in [-0.05, 0) is 46.0 Å². The van der Waals surface area contributed by atoms with E-state index in [1.807, 2.05) is 37.3 Å². The predicted octanol–water partition coefficient (Wildman–Crippen LogP) is 5.56. The number of hydrogen-bond acceptors (Lipinski definition) is 6. The van der Waals surface area contributed by atoms with Crippen LogP contribution in [0.4, 0.5) is 25.4 Å². The molecule has 2 heterocycles. The van der Waals surface area contributed by atoms with Crippen LogP contribution in [0.25, 0.3) is 0 Å². The van der Waals surface area contributed by atoms with Crippen molar-refractivity contribution in [1.82, 2.24) is 9.49 Å². The van der Waals surface area contributed by atoms with Gasteiger partial charge in [0.15, 0.2) is 11.5 Å². The van der Waals surface area contributed by atoms with Crippen molar-refractivity contribution in [3.05, 3.63) is 59.9 Å². The van der Waals surface area contributed by atoms with E-state index in [1.54, 1.807) is 32.9 Å². The summed E-state index contributed by atoms with van der Waals surface area (Å²) in [6.07, 6.45) is -1.03. The minimum atomic E-state index is -0.673. The van der Waals surface area contributed by atoms with Crippen molar-refractivity contribution in [3.63, 3.8) is 0 Å². The van der Waals surface area contributed by atoms with Crippen LogP contribution in [0.3, 0.4) is 0 Å². The first kappa shape index (κ1) is 26.3. The zero-order valence-corrected chi connectivity index (χ0v) is 22.8. The van der Waals surface area contributed by atoms with Crippen LogP contribution in [0.5, 0.6) is 0 Å². The van der Waals surface area contributed by atoms with Crippen LogP contribution >= 0.6 is 12.2 Å². The Morgan fingerprint density at radius 3 is 2.47 bits per heavy atom. The van der Waals surface area contributed by atoms with Crippen LogP contribution in [0, 0.1) is 17.7 Å². The van der Waals surface area contributed by atoms with E-state index in [1.165, 1.54) is 16.0 Å². The fourth-order valence-electron chi connectivity index (χ4n) is 5.99. The summed E-state index contributed by atoms with van der Waals surface area (Å²) in [4.78, 5) is 26.5. The zero-order valence-electron chi connectivity index (χ0n) is 22.0. The first-order valence-corrected chi connectivity index (χ1v) is 13.2. The summed E-state index contributed by atoms with van der Waals surface area (Å²) in [6, 6.07) is 14.6. The van der Waals surface area contributed by atoms with Gasteiger partial charge in [-0.3, -0.25) is 9.38 Å². The number of thiocarbonyl (C=S) groups is 1. The number of fused-ring (bicyclic) bond motifs is 1. The van der Waals surface area contributed by atoms with Gasteiger partial charge in [-0.25, -0.2) is 14.0 Å². The van der Waals surface area contributed by atoms with Crippen molar-refractivity contribution >= 4 is 40.9 Å². The van der Waals surface area contributed by atoms with Crippen molar-refractivity contribution in [2.24, 2.45) is 16.9 Å². The molecule has 2 aliphatic heterocycles. The van der Waals surface area contributed by atoms with Gasteiger partial charge in [-0.1, -0.05) is 30.3 Å². The molecule has 2 amide bonds. The Morgan fingerprint density at radius 2 is 1.92 bits per heavy atom. The molecular formula is C28H32FN4O4S+. The van der Waals surface area contributed by atoms with E-state index in [2.05, 4.69) is 10.3 Å². The summed E-state index contributed by atoms with van der Waals surface area (Å²) in [5.74, 6) is -0.166. The van der Waals surface area contributed by atoms with E-state index in [0.717, 1.165) is 5.56 Å². The topological polar surface area (TPSA) is 71.4 Å². The van der Waals surface area contributed by atoms with Crippen LogP contribution in [0.2, 0.25) is 0 Å². The molecule has 0 N–H and O–H groups in total. The molecule has 0 spiro atoms. The minimum Gasteiger partial charge on any atom is -0.447 e. The van der Waals surface area contributed by atoms with Gasteiger partial charge in [0, 0.05) is 29.5 Å². The Balaban J connectivity index is 1.44. The van der Waals surface area contributed by atoms with E-state index in [9.17, 15) is 9.59 Å². The van der Waals surface area contributed by atoms with Gasteiger partial charge in [0.25, 0.3) is 0 Å². The number of anilines is 1. The lowest BCUT2D eigenvalue weighted by atomic mass is 10.1. The second-order valence-electron chi connectivity index (χ2n) is 11.4. The number of likely N-dealkylation sites (tertiary alicyclic amines) is 1. The number of cyclic esters (lactones) is 1. The molecule has 10 heteroatoms. The van der Waals surface area contributed by atoms with Crippen molar-refractivity contribution in [2.75, 3.05) is 24.6 Å². The number of carbonyl (C=O) groups excluding carboxylic acids is 2. The third kappa shape index (κ3) is 4.91. The van der Waals surface area contributed by atoms with Crippen LogP contribution in [-0.2, 0) is 16.0 Å². The highest BCUT2D eigenvalue weighted by Crippen LogP contribution is 2.54. The van der Waals surface area contributed by atoms with E-state index in [0.29, 0.717) is 35.5 Å². The molecule has 1 saturated carbocycles. The summed E-state index contributed by atoms with van der Waals surface area (Å²) >= 11 is 4.81. The Hall–Kier alpha value is -3.33. The van der Waals surface area contributed by atoms with Gasteiger partial charge in [0.2, 0.25) is 0 Å². The number of piperidine rings is 1. The molecule has 2 aromatic rings. The molecule has 3 unspecified atom stereocenters. The molecule has 0 bridgehead atoms. The second kappa shape index (κ2) is 9.76. The number of hydrazone groups is 1. The van der Waals surface area contributed by atoms with Gasteiger partial charge < -0.3 is 9.47 Å². The normalized spacial score (nSPS) is 27.8. The van der Waals surface area contributed by atoms with Gasteiger partial charge in [-0.15, -0.1) is 5.10 Å². The summed E-state index contributed by atoms with van der Waals surface area (Å²) in [7, 11) is 0. The number of amides is 2. The van der Waals surface area contributed by atoms with E-state index in [-0.39, 0.29) is 36.3 Å². The van der Waals surface area contributed by atoms with E-state index >= 15 is 4.39 Å². The average Bonchev–Trinajstić information content (AvgIpc) is 3.15. The lowest BCUT2D eigenvalue weighted by Gasteiger charge is -2.37. The van der Waals surface area contributed by atoms with Crippen LogP contribution < -0.4 is 9.38 Å². The van der Waals surface area contributed by atoms with Crippen LogP contribution in [0.1, 0.15) is 33.3 Å². The maximum absolute atomic E-state index is 15.9. The number of rotatable bonds is 6. The Kier molecular flexibility index (Phi) is 6.75. The molecule has 8 nitrogen and oxygen atoms in total. The molecular weight excluding hydrogens is 507 g/mol. The molecule has 0 radical (unpaired) electrons. The van der Waals surface area contributed by atoms with Crippen molar-refractivity contribution in [1.29, 1.82) is 0 Å². The lowest BCUT2D eigenvalue weighted by Crippen LogP contribution is -2.51. The van der Waals surface area contributed by atoms with Crippen LogP contribution in [-0.4, -0.2) is 59.7 Å². The average molecular weight is 540 g/mol. The number of nitrogens with zero attached hydrogens (tertiary/aromatic N) is 4. The number of ether oxygens (including phenoxy) is 2. The highest BCUT2D eigenvalue weighted by atomic mass is 32.1. The third-order valence-electron chi connectivity index (χ3n) is 7.55. The van der Waals surface area contributed by atoms with Gasteiger partial charge in [0.05, 0.1) is 36.0 Å². The van der Waals surface area contributed by atoms with Gasteiger partial charge in [0.1, 0.15) is 18.8 Å². The highest BCUT2D eigenvalue weighted by Gasteiger charge is 2.68. The summed E-state index contributed by atoms with van der Waals surface area (Å²) < 4.78 is 26.9. The monoisotopic (exact) mass is 539 g/mol. The fraction of sp³-hybridized carbons (Fsp3) is 0.464. The van der Waals surface area contributed by atoms with Gasteiger partial charge in [-0.2, -0.15) is 5.01 Å². The first-order valence-electron chi connectivity index (χ1n) is 12.8. The Labute approximate surface area is 227 Å². The first-order chi connectivity index (χ1) is 18.0. The molecule has 2 saturated heterocycles. The van der Waals surface area contributed by atoms with Crippen molar-refractivity contribution in [2.45, 2.75) is 51.9 Å². The molecule has 2 aromatic carbocycles. The largest absolute Gasteiger partial charge is 0.447 e. The van der Waals surface area contributed by atoms with Crippen LogP contribution in [0.15, 0.2) is 53.6 Å². The van der Waals surface area contributed by atoms with E-state index in [4.69, 9.17) is 21.7 Å². The molecule has 3 fully saturated rings. The summed E-state index contributed by atoms with van der Waals surface area (Å²) in [6.45, 7) is 9.39.